The molecule has 0 spiro atoms. The van der Waals surface area contributed by atoms with Crippen LogP contribution in [0.25, 0.3) is 0 Å². The fraction of sp³-hybridized carbons (Fsp3) is 0.682. The zero-order valence-electron chi connectivity index (χ0n) is 16.7. The molecular formula is C22H31NO5. The molecule has 2 unspecified atom stereocenters. The Balaban J connectivity index is 1.42. The summed E-state index contributed by atoms with van der Waals surface area (Å²) in [5, 5.41) is 0. The van der Waals surface area contributed by atoms with Crippen molar-refractivity contribution in [2.45, 2.75) is 56.8 Å². The van der Waals surface area contributed by atoms with Gasteiger partial charge in [0, 0.05) is 32.2 Å². The van der Waals surface area contributed by atoms with E-state index in [2.05, 4.69) is 4.90 Å². The van der Waals surface area contributed by atoms with Gasteiger partial charge in [-0.3, -0.25) is 9.69 Å². The van der Waals surface area contributed by atoms with Gasteiger partial charge in [-0.05, 0) is 37.8 Å². The Morgan fingerprint density at radius 3 is 2.50 bits per heavy atom. The Bertz CT molecular complexity index is 654. The number of fused-ring (bicyclic) bond motifs is 2. The molecule has 2 heterocycles. The number of morpholine rings is 1. The maximum atomic E-state index is 11.6. The number of carbonyl (C=O) groups is 1. The topological polar surface area (TPSA) is 57.2 Å². The minimum absolute atomic E-state index is 0.106. The van der Waals surface area contributed by atoms with E-state index < -0.39 is 0 Å². The Morgan fingerprint density at radius 1 is 1.07 bits per heavy atom. The fourth-order valence-electron chi connectivity index (χ4n) is 4.99. The first-order valence-electron chi connectivity index (χ1n) is 10.5. The summed E-state index contributed by atoms with van der Waals surface area (Å²) in [5.74, 6) is 1.57. The third kappa shape index (κ3) is 4.34. The van der Waals surface area contributed by atoms with Crippen molar-refractivity contribution in [1.82, 2.24) is 4.90 Å². The number of methoxy groups -OCH3 is 1. The molecule has 2 saturated heterocycles. The number of carbonyl (C=O) groups excluding carboxylic acids is 1. The lowest BCUT2D eigenvalue weighted by molar-refractivity contribution is -0.0698. The Kier molecular flexibility index (Phi) is 6.50. The van der Waals surface area contributed by atoms with Gasteiger partial charge in [0.15, 0.2) is 13.1 Å². The van der Waals surface area contributed by atoms with Crippen molar-refractivity contribution < 1.29 is 23.7 Å². The molecular weight excluding hydrogens is 358 g/mol. The van der Waals surface area contributed by atoms with E-state index in [0.717, 1.165) is 19.4 Å². The molecule has 1 aromatic rings. The first kappa shape index (κ1) is 19.7. The molecule has 154 valence electrons. The van der Waals surface area contributed by atoms with E-state index in [0.29, 0.717) is 47.8 Å². The number of likely N-dealkylation sites (tertiary alicyclic amines) is 1. The molecule has 3 fully saturated rings. The van der Waals surface area contributed by atoms with Gasteiger partial charge in [-0.15, -0.1) is 0 Å². The molecule has 0 aromatic heterocycles. The summed E-state index contributed by atoms with van der Waals surface area (Å²) in [5.41, 5.74) is 0.455. The quantitative estimate of drug-likeness (QED) is 0.502. The van der Waals surface area contributed by atoms with Gasteiger partial charge in [0.25, 0.3) is 0 Å². The van der Waals surface area contributed by atoms with Crippen molar-refractivity contribution in [3.05, 3.63) is 23.8 Å². The van der Waals surface area contributed by atoms with E-state index in [1.807, 2.05) is 12.1 Å². The van der Waals surface area contributed by atoms with E-state index in [1.165, 1.54) is 38.5 Å². The summed E-state index contributed by atoms with van der Waals surface area (Å²) < 4.78 is 22.6. The van der Waals surface area contributed by atoms with Crippen molar-refractivity contribution >= 4 is 6.29 Å². The van der Waals surface area contributed by atoms with Gasteiger partial charge in [0.1, 0.15) is 11.5 Å². The van der Waals surface area contributed by atoms with Crippen LogP contribution >= 0.6 is 0 Å². The number of hydrogen-bond donors (Lipinski definition) is 0. The normalized spacial score (nSPS) is 30.2. The van der Waals surface area contributed by atoms with Gasteiger partial charge in [-0.2, -0.15) is 0 Å². The smallest absolute Gasteiger partial charge is 0.188 e. The monoisotopic (exact) mass is 389 g/mol. The molecule has 6 heteroatoms. The standard InChI is InChI=1S/C22H31NO5/c1-25-15-27-22-8-4-7-21(19(22)13-24)26-14-16-5-2-3-6-20(16)23-11-17-9-10-18(12-23)28-17/h4,7-8,13,16-18,20H,2-3,5-6,9-12,14-15H2,1H3/t16-,17?,18?,20+/m1/s1. The second-order valence-electron chi connectivity index (χ2n) is 8.17. The summed E-state index contributed by atoms with van der Waals surface area (Å²) in [4.78, 5) is 14.3. The molecule has 1 aromatic carbocycles. The molecule has 1 aliphatic carbocycles. The van der Waals surface area contributed by atoms with Gasteiger partial charge < -0.3 is 18.9 Å². The Hall–Kier alpha value is -1.63. The molecule has 28 heavy (non-hydrogen) atoms. The van der Waals surface area contributed by atoms with Crippen LogP contribution in [0, 0.1) is 5.92 Å². The molecule has 0 N–H and O–H groups in total. The molecule has 0 amide bonds. The fourth-order valence-corrected chi connectivity index (χ4v) is 4.99. The van der Waals surface area contributed by atoms with Crippen LogP contribution in [0.4, 0.5) is 0 Å². The summed E-state index contributed by atoms with van der Waals surface area (Å²) in [6.45, 7) is 2.84. The van der Waals surface area contributed by atoms with Crippen molar-refractivity contribution in [1.29, 1.82) is 0 Å². The van der Waals surface area contributed by atoms with Crippen LogP contribution in [0.1, 0.15) is 48.9 Å². The molecule has 1 saturated carbocycles. The molecule has 4 atom stereocenters. The summed E-state index contributed by atoms with van der Waals surface area (Å²) in [6.07, 6.45) is 8.97. The minimum atomic E-state index is 0.106. The average Bonchev–Trinajstić information content (AvgIpc) is 3.08. The lowest BCUT2D eigenvalue weighted by Gasteiger charge is -2.43. The van der Waals surface area contributed by atoms with E-state index in [4.69, 9.17) is 18.9 Å². The van der Waals surface area contributed by atoms with Gasteiger partial charge in [-0.1, -0.05) is 18.9 Å². The zero-order chi connectivity index (χ0) is 19.3. The van der Waals surface area contributed by atoms with Crippen LogP contribution in [-0.4, -0.2) is 63.0 Å². The number of hydrogen-bond acceptors (Lipinski definition) is 6. The second-order valence-corrected chi connectivity index (χ2v) is 8.17. The van der Waals surface area contributed by atoms with Crippen LogP contribution < -0.4 is 9.47 Å². The van der Waals surface area contributed by atoms with Crippen LogP contribution in [0.5, 0.6) is 11.5 Å². The van der Waals surface area contributed by atoms with E-state index in [-0.39, 0.29) is 6.79 Å². The SMILES string of the molecule is COCOc1cccc(OC[C@H]2CCCC[C@@H]2N2CC3CCC(C2)O3)c1C=O. The molecule has 6 nitrogen and oxygen atoms in total. The number of nitrogens with zero attached hydrogens (tertiary/aromatic N) is 1. The number of benzene rings is 1. The number of rotatable bonds is 8. The second kappa shape index (κ2) is 9.25. The van der Waals surface area contributed by atoms with Crippen molar-refractivity contribution in [2.75, 3.05) is 33.6 Å². The molecule has 3 aliphatic rings. The van der Waals surface area contributed by atoms with Crippen LogP contribution in [-0.2, 0) is 9.47 Å². The molecule has 0 radical (unpaired) electrons. The molecule has 2 aliphatic heterocycles. The van der Waals surface area contributed by atoms with Gasteiger partial charge in [-0.25, -0.2) is 0 Å². The lowest BCUT2D eigenvalue weighted by Crippen LogP contribution is -2.52. The molecule has 2 bridgehead atoms. The predicted molar refractivity (Wildman–Crippen MR) is 105 cm³/mol. The Morgan fingerprint density at radius 2 is 1.79 bits per heavy atom. The molecule has 4 rings (SSSR count). The predicted octanol–water partition coefficient (Wildman–Crippen LogP) is 3.28. The number of aldehydes is 1. The van der Waals surface area contributed by atoms with Crippen LogP contribution in [0.2, 0.25) is 0 Å². The van der Waals surface area contributed by atoms with Gasteiger partial charge in [0.05, 0.1) is 24.4 Å². The summed E-state index contributed by atoms with van der Waals surface area (Å²) in [6, 6.07) is 6.01. The van der Waals surface area contributed by atoms with E-state index >= 15 is 0 Å². The van der Waals surface area contributed by atoms with Crippen molar-refractivity contribution in [3.63, 3.8) is 0 Å². The Labute approximate surface area is 167 Å². The van der Waals surface area contributed by atoms with Crippen LogP contribution in [0.3, 0.4) is 0 Å². The first-order chi connectivity index (χ1) is 13.8. The van der Waals surface area contributed by atoms with Crippen molar-refractivity contribution in [3.8, 4) is 11.5 Å². The minimum Gasteiger partial charge on any atom is -0.492 e. The van der Waals surface area contributed by atoms with Crippen LogP contribution in [0.15, 0.2) is 18.2 Å². The maximum Gasteiger partial charge on any atom is 0.188 e. The third-order valence-corrected chi connectivity index (χ3v) is 6.34. The largest absolute Gasteiger partial charge is 0.492 e. The maximum absolute atomic E-state index is 11.6. The zero-order valence-corrected chi connectivity index (χ0v) is 16.7. The third-order valence-electron chi connectivity index (χ3n) is 6.34. The van der Waals surface area contributed by atoms with Gasteiger partial charge in [0.2, 0.25) is 0 Å². The highest BCUT2D eigenvalue weighted by Crippen LogP contribution is 2.35. The summed E-state index contributed by atoms with van der Waals surface area (Å²) >= 11 is 0. The van der Waals surface area contributed by atoms with E-state index in [1.54, 1.807) is 13.2 Å². The first-order valence-corrected chi connectivity index (χ1v) is 10.5. The highest BCUT2D eigenvalue weighted by molar-refractivity contribution is 5.83. The summed E-state index contributed by atoms with van der Waals surface area (Å²) in [7, 11) is 1.56. The lowest BCUT2D eigenvalue weighted by atomic mass is 9.83. The van der Waals surface area contributed by atoms with Crippen molar-refractivity contribution in [2.24, 2.45) is 5.92 Å². The average molecular weight is 389 g/mol. The highest BCUT2D eigenvalue weighted by Gasteiger charge is 2.39. The highest BCUT2D eigenvalue weighted by atomic mass is 16.7. The number of ether oxygens (including phenoxy) is 4. The van der Waals surface area contributed by atoms with E-state index in [9.17, 15) is 4.79 Å². The van der Waals surface area contributed by atoms with Gasteiger partial charge >= 0.3 is 0 Å².